The van der Waals surface area contributed by atoms with Gasteiger partial charge in [-0.3, -0.25) is 0 Å². The maximum absolute atomic E-state index is 12.5. The highest BCUT2D eigenvalue weighted by Crippen LogP contribution is 2.36. The molecule has 2 N–H and O–H groups in total. The Morgan fingerprint density at radius 2 is 1.89 bits per heavy atom. The van der Waals surface area contributed by atoms with Gasteiger partial charge in [0.05, 0.1) is 16.6 Å². The molecular weight excluding hydrogens is 318 g/mol. The van der Waals surface area contributed by atoms with Gasteiger partial charge >= 0.3 is 6.18 Å². The molecular formula is C12H10Cl2F3NS. The summed E-state index contributed by atoms with van der Waals surface area (Å²) in [5, 5.41) is 1.54. The van der Waals surface area contributed by atoms with E-state index in [1.807, 2.05) is 17.5 Å². The lowest BCUT2D eigenvalue weighted by Crippen LogP contribution is -2.12. The standard InChI is InChI=1S/C12H9ClF3NS.ClH/c13-9-6-7(3-4-8(9)12(14,15)16)11(17)10-2-1-5-18-10;/h1-6,11H,17H2;1H/t11-;/m0./s1. The third kappa shape index (κ3) is 3.63. The highest BCUT2D eigenvalue weighted by Gasteiger charge is 2.33. The Balaban J connectivity index is 0.00000180. The largest absolute Gasteiger partial charge is 0.417 e. The van der Waals surface area contributed by atoms with Crippen molar-refractivity contribution in [2.24, 2.45) is 5.73 Å². The second-order valence-corrected chi connectivity index (χ2v) is 5.12. The third-order valence-corrected chi connectivity index (χ3v) is 3.78. The topological polar surface area (TPSA) is 26.0 Å². The summed E-state index contributed by atoms with van der Waals surface area (Å²) < 4.78 is 37.6. The van der Waals surface area contributed by atoms with Crippen LogP contribution in [0.4, 0.5) is 13.2 Å². The van der Waals surface area contributed by atoms with Gasteiger partial charge in [-0.25, -0.2) is 0 Å². The van der Waals surface area contributed by atoms with E-state index in [0.29, 0.717) is 5.56 Å². The monoisotopic (exact) mass is 327 g/mol. The van der Waals surface area contributed by atoms with E-state index >= 15 is 0 Å². The SMILES string of the molecule is Cl.N[C@@H](c1ccc(C(F)(F)F)c(Cl)c1)c1cccs1. The zero-order chi connectivity index (χ0) is 13.3. The molecule has 0 bridgehead atoms. The summed E-state index contributed by atoms with van der Waals surface area (Å²) >= 11 is 7.10. The van der Waals surface area contributed by atoms with Gasteiger partial charge in [0.2, 0.25) is 0 Å². The summed E-state index contributed by atoms with van der Waals surface area (Å²) in [7, 11) is 0. The third-order valence-electron chi connectivity index (χ3n) is 2.51. The first kappa shape index (κ1) is 16.3. The van der Waals surface area contributed by atoms with Crippen LogP contribution in [0.2, 0.25) is 5.02 Å². The Bertz CT molecular complexity index is 540. The first-order valence-electron chi connectivity index (χ1n) is 5.05. The first-order valence-corrected chi connectivity index (χ1v) is 6.31. The van der Waals surface area contributed by atoms with Gasteiger partial charge in [-0.05, 0) is 29.1 Å². The fourth-order valence-electron chi connectivity index (χ4n) is 1.59. The summed E-state index contributed by atoms with van der Waals surface area (Å²) in [4.78, 5) is 0.880. The molecule has 19 heavy (non-hydrogen) atoms. The molecule has 104 valence electrons. The molecule has 0 radical (unpaired) electrons. The Hall–Kier alpha value is -0.750. The number of alkyl halides is 3. The van der Waals surface area contributed by atoms with E-state index < -0.39 is 17.8 Å². The lowest BCUT2D eigenvalue weighted by atomic mass is 10.0. The van der Waals surface area contributed by atoms with Gasteiger partial charge in [0.15, 0.2) is 0 Å². The molecule has 1 heterocycles. The summed E-state index contributed by atoms with van der Waals surface area (Å²) in [5.74, 6) is 0. The van der Waals surface area contributed by atoms with E-state index in [9.17, 15) is 13.2 Å². The molecule has 0 aliphatic rings. The fourth-order valence-corrected chi connectivity index (χ4v) is 2.64. The second-order valence-electron chi connectivity index (χ2n) is 3.73. The van der Waals surface area contributed by atoms with E-state index in [1.165, 1.54) is 23.5 Å². The van der Waals surface area contributed by atoms with Gasteiger partial charge in [0.25, 0.3) is 0 Å². The van der Waals surface area contributed by atoms with Crippen LogP contribution < -0.4 is 5.73 Å². The minimum atomic E-state index is -4.44. The van der Waals surface area contributed by atoms with Crippen molar-refractivity contribution < 1.29 is 13.2 Å². The van der Waals surface area contributed by atoms with Crippen molar-refractivity contribution in [2.75, 3.05) is 0 Å². The van der Waals surface area contributed by atoms with Crippen LogP contribution in [0.1, 0.15) is 22.0 Å². The first-order chi connectivity index (χ1) is 8.39. The molecule has 0 aliphatic heterocycles. The zero-order valence-electron chi connectivity index (χ0n) is 9.45. The van der Waals surface area contributed by atoms with Crippen LogP contribution in [0, 0.1) is 0 Å². The smallest absolute Gasteiger partial charge is 0.320 e. The summed E-state index contributed by atoms with van der Waals surface area (Å²) in [6.45, 7) is 0. The molecule has 1 aromatic carbocycles. The van der Waals surface area contributed by atoms with E-state index in [4.69, 9.17) is 17.3 Å². The predicted octanol–water partition coefficient (Wildman–Crippen LogP) is 4.89. The molecule has 0 unspecified atom stereocenters. The van der Waals surface area contributed by atoms with Crippen molar-refractivity contribution in [3.8, 4) is 0 Å². The van der Waals surface area contributed by atoms with Gasteiger partial charge in [-0.2, -0.15) is 13.2 Å². The van der Waals surface area contributed by atoms with Crippen molar-refractivity contribution in [3.63, 3.8) is 0 Å². The van der Waals surface area contributed by atoms with Crippen molar-refractivity contribution >= 4 is 35.3 Å². The van der Waals surface area contributed by atoms with Gasteiger partial charge in [-0.15, -0.1) is 23.7 Å². The van der Waals surface area contributed by atoms with Crippen molar-refractivity contribution in [2.45, 2.75) is 12.2 Å². The van der Waals surface area contributed by atoms with Crippen LogP contribution in [0.5, 0.6) is 0 Å². The average Bonchev–Trinajstić information content (AvgIpc) is 2.79. The number of rotatable bonds is 2. The number of hydrogen-bond donors (Lipinski definition) is 1. The average molecular weight is 328 g/mol. The highest BCUT2D eigenvalue weighted by molar-refractivity contribution is 7.10. The molecule has 2 rings (SSSR count). The Labute approximate surface area is 123 Å². The van der Waals surface area contributed by atoms with Crippen LogP contribution in [0.3, 0.4) is 0 Å². The Morgan fingerprint density at radius 3 is 2.37 bits per heavy atom. The molecule has 0 saturated heterocycles. The van der Waals surface area contributed by atoms with Crippen LogP contribution >= 0.6 is 35.3 Å². The summed E-state index contributed by atoms with van der Waals surface area (Å²) in [6.07, 6.45) is -4.44. The number of hydrogen-bond acceptors (Lipinski definition) is 2. The van der Waals surface area contributed by atoms with Crippen LogP contribution in [0.25, 0.3) is 0 Å². The van der Waals surface area contributed by atoms with E-state index in [0.717, 1.165) is 10.9 Å². The van der Waals surface area contributed by atoms with E-state index in [-0.39, 0.29) is 17.4 Å². The predicted molar refractivity (Wildman–Crippen MR) is 74.1 cm³/mol. The second kappa shape index (κ2) is 6.13. The lowest BCUT2D eigenvalue weighted by molar-refractivity contribution is -0.137. The highest BCUT2D eigenvalue weighted by atomic mass is 35.5. The van der Waals surface area contributed by atoms with Gasteiger partial charge in [0.1, 0.15) is 0 Å². The molecule has 7 heteroatoms. The molecule has 1 aromatic heterocycles. The molecule has 0 saturated carbocycles. The summed E-state index contributed by atoms with van der Waals surface area (Å²) in [6, 6.07) is 6.82. The molecule has 0 aliphatic carbocycles. The maximum Gasteiger partial charge on any atom is 0.417 e. The quantitative estimate of drug-likeness (QED) is 0.834. The number of nitrogens with two attached hydrogens (primary N) is 1. The van der Waals surface area contributed by atoms with E-state index in [2.05, 4.69) is 0 Å². The number of halogens is 5. The maximum atomic E-state index is 12.5. The normalized spacial score (nSPS) is 12.9. The van der Waals surface area contributed by atoms with Gasteiger partial charge in [-0.1, -0.05) is 23.7 Å². The molecule has 1 nitrogen and oxygen atoms in total. The van der Waals surface area contributed by atoms with Crippen LogP contribution in [0.15, 0.2) is 35.7 Å². The summed E-state index contributed by atoms with van der Waals surface area (Å²) in [5.41, 5.74) is 5.68. The molecule has 0 fully saturated rings. The fraction of sp³-hybridized carbons (Fsp3) is 0.167. The molecule has 2 aromatic rings. The number of benzene rings is 1. The lowest BCUT2D eigenvalue weighted by Gasteiger charge is -2.14. The van der Waals surface area contributed by atoms with Crippen molar-refractivity contribution in [1.29, 1.82) is 0 Å². The zero-order valence-corrected chi connectivity index (χ0v) is 11.8. The Morgan fingerprint density at radius 1 is 1.21 bits per heavy atom. The van der Waals surface area contributed by atoms with Gasteiger partial charge < -0.3 is 5.73 Å². The van der Waals surface area contributed by atoms with Gasteiger partial charge in [0, 0.05) is 4.88 Å². The van der Waals surface area contributed by atoms with Crippen LogP contribution in [-0.2, 0) is 6.18 Å². The van der Waals surface area contributed by atoms with Crippen molar-refractivity contribution in [3.05, 3.63) is 56.7 Å². The minimum absolute atomic E-state index is 0. The Kier molecular flexibility index (Phi) is 5.26. The van der Waals surface area contributed by atoms with E-state index in [1.54, 1.807) is 0 Å². The van der Waals surface area contributed by atoms with Crippen LogP contribution in [-0.4, -0.2) is 0 Å². The molecule has 1 atom stereocenters. The van der Waals surface area contributed by atoms with Crippen molar-refractivity contribution in [1.82, 2.24) is 0 Å². The minimum Gasteiger partial charge on any atom is -0.320 e. The molecule has 0 spiro atoms. The molecule has 0 amide bonds. The number of thiophene rings is 1.